The van der Waals surface area contributed by atoms with Crippen molar-refractivity contribution in [2.75, 3.05) is 26.3 Å². The van der Waals surface area contributed by atoms with Gasteiger partial charge in [-0.1, -0.05) is 30.3 Å². The molecule has 20 heavy (non-hydrogen) atoms. The van der Waals surface area contributed by atoms with Gasteiger partial charge in [0.25, 0.3) is 5.56 Å². The average Bonchev–Trinajstić information content (AvgIpc) is 2.88. The van der Waals surface area contributed by atoms with Crippen molar-refractivity contribution < 1.29 is 4.74 Å². The smallest absolute Gasteiger partial charge is 0.273 e. The fraction of sp³-hybridized carbons (Fsp3) is 0.286. The van der Waals surface area contributed by atoms with Crippen LogP contribution in [0.5, 0.6) is 0 Å². The lowest BCUT2D eigenvalue weighted by Crippen LogP contribution is -2.32. The number of hydrogen-bond acceptors (Lipinski definition) is 4. The van der Waals surface area contributed by atoms with E-state index in [9.17, 15) is 4.79 Å². The van der Waals surface area contributed by atoms with E-state index in [4.69, 9.17) is 4.74 Å². The lowest BCUT2D eigenvalue weighted by molar-refractivity contribution is 0.0397. The molecule has 2 heterocycles. The highest BCUT2D eigenvalue weighted by Gasteiger charge is 2.11. The molecule has 6 nitrogen and oxygen atoms in total. The minimum Gasteiger partial charge on any atom is -0.378 e. The van der Waals surface area contributed by atoms with Crippen LogP contribution in [0.2, 0.25) is 0 Å². The summed E-state index contributed by atoms with van der Waals surface area (Å²) in [6, 6.07) is 9.71. The molecule has 0 amide bonds. The fourth-order valence-electron chi connectivity index (χ4n) is 2.13. The molecule has 0 saturated carbocycles. The van der Waals surface area contributed by atoms with Gasteiger partial charge in [0.05, 0.1) is 43.8 Å². The van der Waals surface area contributed by atoms with Crippen molar-refractivity contribution in [1.29, 1.82) is 0 Å². The fourth-order valence-corrected chi connectivity index (χ4v) is 2.13. The highest BCUT2D eigenvalue weighted by Crippen LogP contribution is 2.17. The van der Waals surface area contributed by atoms with Crippen molar-refractivity contribution >= 4 is 6.21 Å². The van der Waals surface area contributed by atoms with Crippen LogP contribution in [0, 0.1) is 0 Å². The van der Waals surface area contributed by atoms with Crippen molar-refractivity contribution in [3.63, 3.8) is 0 Å². The summed E-state index contributed by atoms with van der Waals surface area (Å²) < 4.78 is 5.26. The second-order valence-electron chi connectivity index (χ2n) is 4.54. The SMILES string of the molecule is O=c1[nH][nH]c(-c2ccccc2)c1/C=N/N1CCOCC1. The van der Waals surface area contributed by atoms with Crippen LogP contribution in [0.1, 0.15) is 5.56 Å². The van der Waals surface area contributed by atoms with Gasteiger partial charge in [-0.25, -0.2) is 0 Å². The number of benzene rings is 1. The first-order chi connectivity index (χ1) is 9.84. The van der Waals surface area contributed by atoms with Crippen LogP contribution >= 0.6 is 0 Å². The topological polar surface area (TPSA) is 73.5 Å². The number of nitrogens with one attached hydrogen (secondary N) is 2. The molecule has 0 aliphatic carbocycles. The summed E-state index contributed by atoms with van der Waals surface area (Å²) in [6.07, 6.45) is 1.61. The summed E-state index contributed by atoms with van der Waals surface area (Å²) in [5.74, 6) is 0. The second kappa shape index (κ2) is 5.75. The van der Waals surface area contributed by atoms with Crippen molar-refractivity contribution in [2.45, 2.75) is 0 Å². The maximum atomic E-state index is 11.9. The molecule has 104 valence electrons. The third-order valence-corrected chi connectivity index (χ3v) is 3.22. The number of H-pyrrole nitrogens is 2. The lowest BCUT2D eigenvalue weighted by atomic mass is 10.1. The number of hydrogen-bond donors (Lipinski definition) is 2. The van der Waals surface area contributed by atoms with Crippen LogP contribution in [-0.4, -0.2) is 47.7 Å². The number of hydrazone groups is 1. The molecule has 1 aromatic carbocycles. The summed E-state index contributed by atoms with van der Waals surface area (Å²) >= 11 is 0. The minimum atomic E-state index is -0.166. The Hall–Kier alpha value is -2.34. The molecular formula is C14H16N4O2. The number of morpholine rings is 1. The third-order valence-electron chi connectivity index (χ3n) is 3.22. The van der Waals surface area contributed by atoms with Crippen molar-refractivity contribution in [1.82, 2.24) is 15.2 Å². The van der Waals surface area contributed by atoms with Crippen molar-refractivity contribution in [3.05, 3.63) is 46.2 Å². The number of rotatable bonds is 3. The van der Waals surface area contributed by atoms with Crippen LogP contribution in [-0.2, 0) is 4.74 Å². The molecule has 6 heteroatoms. The number of aromatic nitrogens is 2. The highest BCUT2D eigenvalue weighted by molar-refractivity contribution is 5.88. The first-order valence-corrected chi connectivity index (χ1v) is 6.57. The van der Waals surface area contributed by atoms with Gasteiger partial charge in [-0.05, 0) is 0 Å². The Kier molecular flexibility index (Phi) is 3.64. The molecule has 1 aromatic heterocycles. The Bertz CT molecular complexity index is 639. The Labute approximate surface area is 116 Å². The Morgan fingerprint density at radius 3 is 2.65 bits per heavy atom. The summed E-state index contributed by atoms with van der Waals surface area (Å²) in [5, 5.41) is 11.8. The van der Waals surface area contributed by atoms with E-state index in [2.05, 4.69) is 15.3 Å². The molecule has 1 aliphatic heterocycles. The van der Waals surface area contributed by atoms with E-state index in [-0.39, 0.29) is 5.56 Å². The lowest BCUT2D eigenvalue weighted by Gasteiger charge is -2.23. The molecule has 2 aromatic rings. The summed E-state index contributed by atoms with van der Waals surface area (Å²) in [4.78, 5) is 11.9. The zero-order valence-electron chi connectivity index (χ0n) is 11.0. The summed E-state index contributed by atoms with van der Waals surface area (Å²) in [7, 11) is 0. The van der Waals surface area contributed by atoms with Gasteiger partial charge in [0.1, 0.15) is 0 Å². The van der Waals surface area contributed by atoms with E-state index in [1.54, 1.807) is 6.21 Å². The molecule has 3 rings (SSSR count). The normalized spacial score (nSPS) is 15.9. The third kappa shape index (κ3) is 2.65. The summed E-state index contributed by atoms with van der Waals surface area (Å²) in [6.45, 7) is 2.84. The van der Waals surface area contributed by atoms with Crippen LogP contribution in [0.4, 0.5) is 0 Å². The van der Waals surface area contributed by atoms with E-state index in [1.807, 2.05) is 35.3 Å². The molecule has 1 aliphatic rings. The molecule has 0 unspecified atom stereocenters. The number of aromatic amines is 2. The van der Waals surface area contributed by atoms with Crippen LogP contribution in [0.25, 0.3) is 11.3 Å². The molecule has 0 bridgehead atoms. The Balaban J connectivity index is 1.88. The largest absolute Gasteiger partial charge is 0.378 e. The van der Waals surface area contributed by atoms with Crippen LogP contribution in [0.3, 0.4) is 0 Å². The molecule has 1 fully saturated rings. The van der Waals surface area contributed by atoms with Gasteiger partial charge in [0.2, 0.25) is 0 Å². The number of ether oxygens (including phenoxy) is 1. The van der Waals surface area contributed by atoms with Crippen molar-refractivity contribution in [2.24, 2.45) is 5.10 Å². The van der Waals surface area contributed by atoms with Gasteiger partial charge < -0.3 is 4.74 Å². The van der Waals surface area contributed by atoms with Crippen molar-refractivity contribution in [3.8, 4) is 11.3 Å². The zero-order chi connectivity index (χ0) is 13.8. The zero-order valence-corrected chi connectivity index (χ0v) is 11.0. The quantitative estimate of drug-likeness (QED) is 0.820. The van der Waals surface area contributed by atoms with E-state index >= 15 is 0 Å². The van der Waals surface area contributed by atoms with E-state index in [0.29, 0.717) is 18.8 Å². The summed E-state index contributed by atoms with van der Waals surface area (Å²) in [5.41, 5.74) is 2.09. The first kappa shape index (κ1) is 12.7. The van der Waals surface area contributed by atoms with Crippen LogP contribution < -0.4 is 5.56 Å². The molecule has 2 N–H and O–H groups in total. The maximum Gasteiger partial charge on any atom is 0.273 e. The monoisotopic (exact) mass is 272 g/mol. The van der Waals surface area contributed by atoms with Gasteiger partial charge in [-0.15, -0.1) is 0 Å². The highest BCUT2D eigenvalue weighted by atomic mass is 16.5. The van der Waals surface area contributed by atoms with Gasteiger partial charge >= 0.3 is 0 Å². The van der Waals surface area contributed by atoms with Crippen LogP contribution in [0.15, 0.2) is 40.2 Å². The predicted octanol–water partition coefficient (Wildman–Crippen LogP) is 1.04. The molecular weight excluding hydrogens is 256 g/mol. The van der Waals surface area contributed by atoms with E-state index < -0.39 is 0 Å². The molecule has 0 atom stereocenters. The standard InChI is InChI=1S/C14H16N4O2/c19-14-12(10-15-18-6-8-20-9-7-18)13(16-17-14)11-4-2-1-3-5-11/h1-5,10H,6-9H2,(H2,16,17,19)/b15-10+. The maximum absolute atomic E-state index is 11.9. The van der Waals surface area contributed by atoms with Gasteiger partial charge in [0.15, 0.2) is 0 Å². The van der Waals surface area contributed by atoms with Gasteiger partial charge in [-0.3, -0.25) is 20.0 Å². The molecule has 1 saturated heterocycles. The first-order valence-electron chi connectivity index (χ1n) is 6.57. The molecule has 0 radical (unpaired) electrons. The minimum absolute atomic E-state index is 0.166. The Morgan fingerprint density at radius 1 is 1.15 bits per heavy atom. The Morgan fingerprint density at radius 2 is 1.90 bits per heavy atom. The predicted molar refractivity (Wildman–Crippen MR) is 76.8 cm³/mol. The van der Waals surface area contributed by atoms with E-state index in [0.717, 1.165) is 24.3 Å². The number of nitrogens with zero attached hydrogens (tertiary/aromatic N) is 2. The molecule has 0 spiro atoms. The second-order valence-corrected chi connectivity index (χ2v) is 4.54. The average molecular weight is 272 g/mol. The van der Waals surface area contributed by atoms with E-state index in [1.165, 1.54) is 0 Å². The van der Waals surface area contributed by atoms with Gasteiger partial charge in [-0.2, -0.15) is 5.10 Å². The van der Waals surface area contributed by atoms with Gasteiger partial charge in [0, 0.05) is 5.56 Å².